The average Bonchev–Trinajstić information content (AvgIpc) is 2.92. The van der Waals surface area contributed by atoms with Gasteiger partial charge in [-0.3, -0.25) is 0 Å². The second-order valence-electron chi connectivity index (χ2n) is 6.34. The summed E-state index contributed by atoms with van der Waals surface area (Å²) in [6, 6.07) is 0. The number of nitrogens with zero attached hydrogens (tertiary/aromatic N) is 1. The van der Waals surface area contributed by atoms with Crippen LogP contribution in [0.2, 0.25) is 0 Å². The van der Waals surface area contributed by atoms with Crippen LogP contribution in [-0.2, 0) is 23.2 Å². The van der Waals surface area contributed by atoms with Crippen molar-refractivity contribution in [3.63, 3.8) is 0 Å². The maximum atomic E-state index is 10.8. The standard InChI is InChI=1S/C16H17NO4/c1-8-5-10-12(16(3-4-16)17-7-18)14-11(6-9(2)20-14)13(19)15(10)21-8/h8-9,19H,3-6H2,1-2H3. The van der Waals surface area contributed by atoms with Crippen LogP contribution in [0.15, 0.2) is 4.99 Å². The molecule has 21 heavy (non-hydrogen) atoms. The van der Waals surface area contributed by atoms with Crippen LogP contribution < -0.4 is 9.47 Å². The van der Waals surface area contributed by atoms with Gasteiger partial charge in [0.05, 0.1) is 0 Å². The first-order valence-corrected chi connectivity index (χ1v) is 7.39. The van der Waals surface area contributed by atoms with Gasteiger partial charge in [-0.2, -0.15) is 4.99 Å². The number of benzene rings is 1. The second-order valence-corrected chi connectivity index (χ2v) is 6.34. The van der Waals surface area contributed by atoms with Crippen LogP contribution in [0.4, 0.5) is 0 Å². The van der Waals surface area contributed by atoms with Gasteiger partial charge in [0.2, 0.25) is 6.08 Å². The average molecular weight is 287 g/mol. The highest BCUT2D eigenvalue weighted by atomic mass is 16.5. The highest BCUT2D eigenvalue weighted by Gasteiger charge is 2.52. The number of isocyanates is 1. The van der Waals surface area contributed by atoms with Gasteiger partial charge < -0.3 is 14.6 Å². The number of fused-ring (bicyclic) bond motifs is 2. The van der Waals surface area contributed by atoms with Crippen LogP contribution in [0.5, 0.6) is 17.2 Å². The molecule has 4 rings (SSSR count). The van der Waals surface area contributed by atoms with E-state index in [1.54, 1.807) is 6.08 Å². The van der Waals surface area contributed by atoms with Gasteiger partial charge in [-0.25, -0.2) is 4.79 Å². The second kappa shape index (κ2) is 4.01. The molecule has 1 N–H and O–H groups in total. The summed E-state index contributed by atoms with van der Waals surface area (Å²) in [5.74, 6) is 1.47. The molecule has 0 spiro atoms. The quantitative estimate of drug-likeness (QED) is 0.669. The van der Waals surface area contributed by atoms with E-state index in [2.05, 4.69) is 4.99 Å². The third kappa shape index (κ3) is 1.64. The monoisotopic (exact) mass is 287 g/mol. The Hall–Kier alpha value is -2.00. The molecule has 2 atom stereocenters. The molecule has 0 saturated heterocycles. The lowest BCUT2D eigenvalue weighted by atomic mass is 9.91. The first kappa shape index (κ1) is 12.7. The Morgan fingerprint density at radius 3 is 2.38 bits per heavy atom. The Bertz CT molecular complexity index is 647. The molecule has 5 heteroatoms. The van der Waals surface area contributed by atoms with Crippen molar-refractivity contribution in [2.24, 2.45) is 4.99 Å². The molecular formula is C16H17NO4. The fourth-order valence-electron chi connectivity index (χ4n) is 3.61. The van der Waals surface area contributed by atoms with Gasteiger partial charge in [-0.1, -0.05) is 0 Å². The van der Waals surface area contributed by atoms with Crippen LogP contribution in [0.3, 0.4) is 0 Å². The highest BCUT2D eigenvalue weighted by molar-refractivity contribution is 5.68. The number of aromatic hydroxyl groups is 1. The van der Waals surface area contributed by atoms with E-state index >= 15 is 0 Å². The Morgan fingerprint density at radius 2 is 1.76 bits per heavy atom. The zero-order chi connectivity index (χ0) is 14.8. The molecule has 1 aliphatic carbocycles. The number of carbonyl (C=O) groups excluding carboxylic acids is 1. The van der Waals surface area contributed by atoms with Gasteiger partial charge in [-0.05, 0) is 26.7 Å². The molecule has 2 unspecified atom stereocenters. The van der Waals surface area contributed by atoms with Crippen LogP contribution >= 0.6 is 0 Å². The zero-order valence-electron chi connectivity index (χ0n) is 12.1. The first-order valence-electron chi connectivity index (χ1n) is 7.39. The van der Waals surface area contributed by atoms with E-state index in [4.69, 9.17) is 9.47 Å². The molecular weight excluding hydrogens is 270 g/mol. The first-order chi connectivity index (χ1) is 10.1. The normalized spacial score (nSPS) is 27.1. The lowest BCUT2D eigenvalue weighted by Gasteiger charge is -2.18. The van der Waals surface area contributed by atoms with Crippen molar-refractivity contribution in [2.75, 3.05) is 0 Å². The molecule has 2 heterocycles. The third-order valence-corrected chi connectivity index (χ3v) is 4.65. The van der Waals surface area contributed by atoms with Gasteiger partial charge >= 0.3 is 0 Å². The van der Waals surface area contributed by atoms with E-state index in [0.29, 0.717) is 24.3 Å². The fraction of sp³-hybridized carbons (Fsp3) is 0.562. The van der Waals surface area contributed by atoms with Crippen molar-refractivity contribution in [2.45, 2.75) is 57.3 Å². The maximum Gasteiger partial charge on any atom is 0.235 e. The summed E-state index contributed by atoms with van der Waals surface area (Å²) < 4.78 is 11.7. The van der Waals surface area contributed by atoms with E-state index in [9.17, 15) is 9.90 Å². The predicted molar refractivity (Wildman–Crippen MR) is 74.7 cm³/mol. The molecule has 0 radical (unpaired) electrons. The summed E-state index contributed by atoms with van der Waals surface area (Å²) in [5, 5.41) is 10.5. The van der Waals surface area contributed by atoms with E-state index in [1.165, 1.54) is 0 Å². The predicted octanol–water partition coefficient (Wildman–Crippen LogP) is 2.36. The molecule has 0 amide bonds. The van der Waals surface area contributed by atoms with Gasteiger partial charge in [0.15, 0.2) is 11.5 Å². The van der Waals surface area contributed by atoms with Crippen LogP contribution in [0.1, 0.15) is 43.4 Å². The van der Waals surface area contributed by atoms with E-state index in [1.807, 2.05) is 13.8 Å². The number of aliphatic imine (C=N–C) groups is 1. The molecule has 3 aliphatic rings. The van der Waals surface area contributed by atoms with Crippen molar-refractivity contribution < 1.29 is 19.4 Å². The summed E-state index contributed by atoms with van der Waals surface area (Å²) in [6.45, 7) is 3.95. The molecule has 0 aromatic heterocycles. The Labute approximate surface area is 122 Å². The summed E-state index contributed by atoms with van der Waals surface area (Å²) in [7, 11) is 0. The lowest BCUT2D eigenvalue weighted by molar-refractivity contribution is 0.244. The van der Waals surface area contributed by atoms with Gasteiger partial charge in [0.25, 0.3) is 0 Å². The molecule has 1 aromatic rings. The minimum atomic E-state index is -0.513. The van der Waals surface area contributed by atoms with E-state index in [0.717, 1.165) is 29.5 Å². The fourth-order valence-corrected chi connectivity index (χ4v) is 3.61. The van der Waals surface area contributed by atoms with Crippen LogP contribution in [-0.4, -0.2) is 23.4 Å². The number of ether oxygens (including phenoxy) is 2. The zero-order valence-corrected chi connectivity index (χ0v) is 12.1. The van der Waals surface area contributed by atoms with Crippen molar-refractivity contribution in [3.8, 4) is 17.2 Å². The van der Waals surface area contributed by atoms with Crippen molar-refractivity contribution in [1.29, 1.82) is 0 Å². The van der Waals surface area contributed by atoms with Crippen molar-refractivity contribution in [3.05, 3.63) is 16.7 Å². The Morgan fingerprint density at radius 1 is 1.14 bits per heavy atom. The van der Waals surface area contributed by atoms with Crippen molar-refractivity contribution in [1.82, 2.24) is 0 Å². The number of phenols is 1. The molecule has 1 aromatic carbocycles. The van der Waals surface area contributed by atoms with E-state index < -0.39 is 5.54 Å². The topological polar surface area (TPSA) is 68.1 Å². The number of rotatable bonds is 2. The number of hydrogen-bond donors (Lipinski definition) is 1. The summed E-state index contributed by atoms with van der Waals surface area (Å²) in [6.07, 6.45) is 4.73. The number of hydrogen-bond acceptors (Lipinski definition) is 5. The van der Waals surface area contributed by atoms with E-state index in [-0.39, 0.29) is 18.0 Å². The molecule has 5 nitrogen and oxygen atoms in total. The smallest absolute Gasteiger partial charge is 0.235 e. The summed E-state index contributed by atoms with van der Waals surface area (Å²) >= 11 is 0. The molecule has 1 saturated carbocycles. The highest BCUT2D eigenvalue weighted by Crippen LogP contribution is 2.60. The van der Waals surface area contributed by atoms with Crippen LogP contribution in [0.25, 0.3) is 0 Å². The van der Waals surface area contributed by atoms with Gasteiger partial charge in [0.1, 0.15) is 23.5 Å². The third-order valence-electron chi connectivity index (χ3n) is 4.65. The molecule has 0 bridgehead atoms. The minimum absolute atomic E-state index is 0.0145. The Balaban J connectivity index is 2.00. The largest absolute Gasteiger partial charge is 0.504 e. The Kier molecular flexibility index (Phi) is 2.43. The van der Waals surface area contributed by atoms with Gasteiger partial charge in [0, 0.05) is 29.5 Å². The molecule has 110 valence electrons. The maximum absolute atomic E-state index is 10.8. The summed E-state index contributed by atoms with van der Waals surface area (Å²) in [4.78, 5) is 14.9. The van der Waals surface area contributed by atoms with Crippen molar-refractivity contribution >= 4 is 6.08 Å². The van der Waals surface area contributed by atoms with Crippen LogP contribution in [0, 0.1) is 0 Å². The molecule has 2 aliphatic heterocycles. The SMILES string of the molecule is CC1Cc2c(c(O)c3c(c2C2(N=C=O)CC2)OC(C)C3)O1. The summed E-state index contributed by atoms with van der Waals surface area (Å²) in [5.41, 5.74) is 2.17. The van der Waals surface area contributed by atoms with Gasteiger partial charge in [-0.15, -0.1) is 0 Å². The molecule has 1 fully saturated rings. The minimum Gasteiger partial charge on any atom is -0.504 e. The number of phenolic OH excluding ortho intramolecular Hbond substituents is 1. The lowest BCUT2D eigenvalue weighted by Crippen LogP contribution is -2.11.